The lowest BCUT2D eigenvalue weighted by atomic mass is 10.1. The first-order chi connectivity index (χ1) is 16.5. The molecular formula is C27H27N3O4. The van der Waals surface area contributed by atoms with Crippen LogP contribution in [0, 0.1) is 5.92 Å². The number of rotatable bonds is 7. The van der Waals surface area contributed by atoms with E-state index in [9.17, 15) is 14.4 Å². The molecule has 0 saturated carbocycles. The van der Waals surface area contributed by atoms with Gasteiger partial charge in [-0.2, -0.15) is 0 Å². The van der Waals surface area contributed by atoms with E-state index in [0.29, 0.717) is 17.0 Å². The molecule has 2 N–H and O–H groups in total. The van der Waals surface area contributed by atoms with Crippen LogP contribution in [0.5, 0.6) is 5.75 Å². The van der Waals surface area contributed by atoms with Gasteiger partial charge < -0.3 is 20.3 Å². The summed E-state index contributed by atoms with van der Waals surface area (Å²) in [6.07, 6.45) is 0.108. The van der Waals surface area contributed by atoms with Gasteiger partial charge in [0.05, 0.1) is 30.3 Å². The molecular weight excluding hydrogens is 430 g/mol. The van der Waals surface area contributed by atoms with Crippen LogP contribution in [-0.4, -0.2) is 31.4 Å². The summed E-state index contributed by atoms with van der Waals surface area (Å²) < 4.78 is 5.16. The molecule has 1 fully saturated rings. The Kier molecular flexibility index (Phi) is 6.92. The number of hydrogen-bond donors (Lipinski definition) is 2. The van der Waals surface area contributed by atoms with Gasteiger partial charge in [-0.05, 0) is 48.9 Å². The summed E-state index contributed by atoms with van der Waals surface area (Å²) in [4.78, 5) is 40.2. The Morgan fingerprint density at radius 2 is 1.65 bits per heavy atom. The molecule has 4 rings (SSSR count). The van der Waals surface area contributed by atoms with E-state index in [-0.39, 0.29) is 36.7 Å². The van der Waals surface area contributed by atoms with Crippen molar-refractivity contribution < 1.29 is 19.1 Å². The minimum absolute atomic E-state index is 0.108. The van der Waals surface area contributed by atoms with Crippen molar-refractivity contribution in [2.24, 2.45) is 5.92 Å². The van der Waals surface area contributed by atoms with Crippen LogP contribution in [0.1, 0.15) is 35.3 Å². The van der Waals surface area contributed by atoms with E-state index in [0.717, 1.165) is 11.3 Å². The van der Waals surface area contributed by atoms with E-state index in [4.69, 9.17) is 4.74 Å². The largest absolute Gasteiger partial charge is 0.497 e. The smallest absolute Gasteiger partial charge is 0.253 e. The number of hydrogen-bond acceptors (Lipinski definition) is 4. The van der Waals surface area contributed by atoms with Gasteiger partial charge in [0.25, 0.3) is 5.91 Å². The number of benzene rings is 3. The van der Waals surface area contributed by atoms with E-state index in [1.165, 1.54) is 0 Å². The summed E-state index contributed by atoms with van der Waals surface area (Å²) in [5.74, 6) is -0.515. The molecule has 174 valence electrons. The zero-order valence-corrected chi connectivity index (χ0v) is 19.2. The van der Waals surface area contributed by atoms with Gasteiger partial charge in [-0.25, -0.2) is 0 Å². The van der Waals surface area contributed by atoms with E-state index < -0.39 is 5.92 Å². The fraction of sp³-hybridized carbons (Fsp3) is 0.222. The number of para-hydroxylation sites is 1. The SMILES string of the molecule is COc1ccc(N2C[C@@H](C(=O)Nc3ccccc3C(=O)N[C@@H](C)c3ccccc3)CC2=O)cc1. The minimum Gasteiger partial charge on any atom is -0.497 e. The molecule has 3 aromatic carbocycles. The van der Waals surface area contributed by atoms with E-state index in [1.54, 1.807) is 60.5 Å². The summed E-state index contributed by atoms with van der Waals surface area (Å²) in [6.45, 7) is 2.18. The molecule has 1 heterocycles. The lowest BCUT2D eigenvalue weighted by Crippen LogP contribution is -2.30. The van der Waals surface area contributed by atoms with Crippen molar-refractivity contribution in [2.45, 2.75) is 19.4 Å². The van der Waals surface area contributed by atoms with Gasteiger partial charge in [-0.3, -0.25) is 14.4 Å². The first-order valence-electron chi connectivity index (χ1n) is 11.2. The highest BCUT2D eigenvalue weighted by molar-refractivity contribution is 6.07. The zero-order valence-electron chi connectivity index (χ0n) is 19.2. The highest BCUT2D eigenvalue weighted by Gasteiger charge is 2.35. The van der Waals surface area contributed by atoms with Crippen molar-refractivity contribution in [3.8, 4) is 5.75 Å². The summed E-state index contributed by atoms with van der Waals surface area (Å²) in [5, 5.41) is 5.84. The number of carbonyl (C=O) groups excluding carboxylic acids is 3. The summed E-state index contributed by atoms with van der Waals surface area (Å²) >= 11 is 0. The molecule has 0 aromatic heterocycles. The van der Waals surface area contributed by atoms with Crippen molar-refractivity contribution in [1.82, 2.24) is 5.32 Å². The monoisotopic (exact) mass is 457 g/mol. The number of nitrogens with zero attached hydrogens (tertiary/aromatic N) is 1. The second-order valence-corrected chi connectivity index (χ2v) is 8.24. The molecule has 1 aliphatic heterocycles. The first-order valence-corrected chi connectivity index (χ1v) is 11.2. The minimum atomic E-state index is -0.519. The highest BCUT2D eigenvalue weighted by Crippen LogP contribution is 2.28. The predicted octanol–water partition coefficient (Wildman–Crippen LogP) is 4.18. The molecule has 7 nitrogen and oxygen atoms in total. The molecule has 0 radical (unpaired) electrons. The van der Waals surface area contributed by atoms with Crippen molar-refractivity contribution in [3.63, 3.8) is 0 Å². The van der Waals surface area contributed by atoms with Crippen molar-refractivity contribution in [1.29, 1.82) is 0 Å². The van der Waals surface area contributed by atoms with Crippen LogP contribution in [0.3, 0.4) is 0 Å². The van der Waals surface area contributed by atoms with Crippen LogP contribution in [0.2, 0.25) is 0 Å². The van der Waals surface area contributed by atoms with Gasteiger partial charge in [0.2, 0.25) is 11.8 Å². The Labute approximate surface area is 198 Å². The van der Waals surface area contributed by atoms with Gasteiger partial charge in [0, 0.05) is 18.7 Å². The van der Waals surface area contributed by atoms with Gasteiger partial charge >= 0.3 is 0 Å². The van der Waals surface area contributed by atoms with Crippen molar-refractivity contribution in [2.75, 3.05) is 23.9 Å². The van der Waals surface area contributed by atoms with Gasteiger partial charge in [0.15, 0.2) is 0 Å². The molecule has 0 unspecified atom stereocenters. The van der Waals surface area contributed by atoms with Crippen LogP contribution in [-0.2, 0) is 9.59 Å². The Morgan fingerprint density at radius 1 is 0.971 bits per heavy atom. The standard InChI is InChI=1S/C27H27N3O4/c1-18(19-8-4-3-5-9-19)28-27(33)23-10-6-7-11-24(23)29-26(32)20-16-25(31)30(17-20)21-12-14-22(34-2)15-13-21/h3-15,18,20H,16-17H2,1-2H3,(H,28,33)(H,29,32)/t18-,20-/m0/s1. The lowest BCUT2D eigenvalue weighted by molar-refractivity contribution is -0.122. The summed E-state index contributed by atoms with van der Waals surface area (Å²) in [6, 6.07) is 23.5. The third kappa shape index (κ3) is 5.09. The Balaban J connectivity index is 1.43. The average Bonchev–Trinajstić information content (AvgIpc) is 3.26. The van der Waals surface area contributed by atoms with Crippen LogP contribution < -0.4 is 20.3 Å². The Bertz CT molecular complexity index is 1180. The first kappa shape index (κ1) is 23.0. The van der Waals surface area contributed by atoms with Gasteiger partial charge in [-0.1, -0.05) is 42.5 Å². The maximum absolute atomic E-state index is 13.0. The maximum Gasteiger partial charge on any atom is 0.253 e. The lowest BCUT2D eigenvalue weighted by Gasteiger charge is -2.18. The molecule has 0 spiro atoms. The van der Waals surface area contributed by atoms with Crippen LogP contribution >= 0.6 is 0 Å². The third-order valence-corrected chi connectivity index (χ3v) is 5.96. The summed E-state index contributed by atoms with van der Waals surface area (Å²) in [7, 11) is 1.58. The van der Waals surface area contributed by atoms with Gasteiger partial charge in [-0.15, -0.1) is 0 Å². The van der Waals surface area contributed by atoms with Gasteiger partial charge in [0.1, 0.15) is 5.75 Å². The van der Waals surface area contributed by atoms with Crippen LogP contribution in [0.15, 0.2) is 78.9 Å². The van der Waals surface area contributed by atoms with E-state index in [2.05, 4.69) is 10.6 Å². The molecule has 0 bridgehead atoms. The molecule has 7 heteroatoms. The third-order valence-electron chi connectivity index (χ3n) is 5.96. The topological polar surface area (TPSA) is 87.7 Å². The van der Waals surface area contributed by atoms with Crippen molar-refractivity contribution >= 4 is 29.1 Å². The van der Waals surface area contributed by atoms with Crippen LogP contribution in [0.25, 0.3) is 0 Å². The number of methoxy groups -OCH3 is 1. The van der Waals surface area contributed by atoms with E-state index in [1.807, 2.05) is 37.3 Å². The normalized spacial score (nSPS) is 16.1. The highest BCUT2D eigenvalue weighted by atomic mass is 16.5. The second-order valence-electron chi connectivity index (χ2n) is 8.24. The number of carbonyl (C=O) groups is 3. The van der Waals surface area contributed by atoms with Crippen molar-refractivity contribution in [3.05, 3.63) is 90.0 Å². The predicted molar refractivity (Wildman–Crippen MR) is 131 cm³/mol. The summed E-state index contributed by atoms with van der Waals surface area (Å²) in [5.41, 5.74) is 2.49. The zero-order chi connectivity index (χ0) is 24.1. The molecule has 2 atom stereocenters. The molecule has 3 aromatic rings. The van der Waals surface area contributed by atoms with Crippen LogP contribution in [0.4, 0.5) is 11.4 Å². The fourth-order valence-corrected chi connectivity index (χ4v) is 4.02. The number of amides is 3. The molecule has 1 aliphatic rings. The Morgan fingerprint density at radius 3 is 2.35 bits per heavy atom. The molecule has 34 heavy (non-hydrogen) atoms. The fourth-order valence-electron chi connectivity index (χ4n) is 4.02. The second kappa shape index (κ2) is 10.2. The molecule has 0 aliphatic carbocycles. The number of ether oxygens (including phenoxy) is 1. The molecule has 3 amide bonds. The van der Waals surface area contributed by atoms with E-state index >= 15 is 0 Å². The quantitative estimate of drug-likeness (QED) is 0.557. The number of anilines is 2. The Hall–Kier alpha value is -4.13. The number of nitrogens with one attached hydrogen (secondary N) is 2. The molecule has 1 saturated heterocycles. The average molecular weight is 458 g/mol. The maximum atomic E-state index is 13.0.